The van der Waals surface area contributed by atoms with Gasteiger partial charge < -0.3 is 15.4 Å². The molecule has 0 radical (unpaired) electrons. The second-order valence-corrected chi connectivity index (χ2v) is 8.05. The van der Waals surface area contributed by atoms with Gasteiger partial charge in [0, 0.05) is 39.5 Å². The third kappa shape index (κ3) is 3.69. The number of aromatic nitrogens is 1. The van der Waals surface area contributed by atoms with Crippen molar-refractivity contribution in [2.75, 3.05) is 0 Å². The molecular formula is C28H22N2O3. The molecule has 0 aliphatic rings. The molecule has 5 heteroatoms. The molecule has 0 aliphatic heterocycles. The fraction of sp³-hybridized carbons (Fsp3) is 0.0714. The van der Waals surface area contributed by atoms with Crippen LogP contribution in [0.2, 0.25) is 0 Å². The summed E-state index contributed by atoms with van der Waals surface area (Å²) >= 11 is 0. The Morgan fingerprint density at radius 2 is 1.45 bits per heavy atom. The van der Waals surface area contributed by atoms with E-state index in [0.717, 1.165) is 32.9 Å². The van der Waals surface area contributed by atoms with Gasteiger partial charge in [-0.3, -0.25) is 9.59 Å². The molecule has 0 atom stereocenters. The summed E-state index contributed by atoms with van der Waals surface area (Å²) in [6, 6.07) is 28.0. The van der Waals surface area contributed by atoms with E-state index >= 15 is 0 Å². The van der Waals surface area contributed by atoms with Crippen molar-refractivity contribution < 1.29 is 14.7 Å². The van der Waals surface area contributed by atoms with Crippen molar-refractivity contribution in [3.8, 4) is 0 Å². The van der Waals surface area contributed by atoms with E-state index in [2.05, 4.69) is 4.57 Å². The van der Waals surface area contributed by atoms with Gasteiger partial charge in [-0.15, -0.1) is 0 Å². The summed E-state index contributed by atoms with van der Waals surface area (Å²) in [6.07, 6.45) is 0. The lowest BCUT2D eigenvalue weighted by atomic mass is 10.0. The van der Waals surface area contributed by atoms with Gasteiger partial charge in [0.05, 0.1) is 12.1 Å². The van der Waals surface area contributed by atoms with Crippen LogP contribution in [0.3, 0.4) is 0 Å². The van der Waals surface area contributed by atoms with Gasteiger partial charge >= 0.3 is 0 Å². The summed E-state index contributed by atoms with van der Waals surface area (Å²) in [7, 11) is 0. The number of rotatable bonds is 6. The quantitative estimate of drug-likeness (QED) is 0.381. The maximum Gasteiger partial charge on any atom is 0.249 e. The number of ketones is 1. The SMILES string of the molecule is NC(=O)c1cccc2c1c1ccc(CO)cc1n2Cc1ccc(C(=O)c2ccccc2)cc1. The highest BCUT2D eigenvalue weighted by Gasteiger charge is 2.17. The number of aliphatic hydroxyl groups excluding tert-OH is 1. The Balaban J connectivity index is 1.59. The Morgan fingerprint density at radius 1 is 0.758 bits per heavy atom. The van der Waals surface area contributed by atoms with Gasteiger partial charge in [0.15, 0.2) is 5.78 Å². The van der Waals surface area contributed by atoms with Crippen LogP contribution in [0.25, 0.3) is 21.8 Å². The predicted octanol–water partition coefficient (Wildman–Crippen LogP) is 4.67. The van der Waals surface area contributed by atoms with Gasteiger partial charge in [-0.05, 0) is 29.3 Å². The van der Waals surface area contributed by atoms with Crippen molar-refractivity contribution >= 4 is 33.5 Å². The molecule has 0 unspecified atom stereocenters. The number of nitrogens with zero attached hydrogens (tertiary/aromatic N) is 1. The van der Waals surface area contributed by atoms with Crippen LogP contribution >= 0.6 is 0 Å². The summed E-state index contributed by atoms with van der Waals surface area (Å²) in [5, 5.41) is 11.4. The third-order valence-corrected chi connectivity index (χ3v) is 6.00. The van der Waals surface area contributed by atoms with Gasteiger partial charge in [-0.25, -0.2) is 0 Å². The Kier molecular flexibility index (Phi) is 5.24. The number of hydrogen-bond donors (Lipinski definition) is 2. The Labute approximate surface area is 190 Å². The number of nitrogens with two attached hydrogens (primary N) is 1. The molecule has 3 N–H and O–H groups in total. The van der Waals surface area contributed by atoms with E-state index in [1.54, 1.807) is 6.07 Å². The van der Waals surface area contributed by atoms with Crippen molar-refractivity contribution in [3.63, 3.8) is 0 Å². The van der Waals surface area contributed by atoms with Crippen LogP contribution in [0.15, 0.2) is 91.0 Å². The Bertz CT molecular complexity index is 1500. The van der Waals surface area contributed by atoms with Crippen LogP contribution in [0.5, 0.6) is 0 Å². The van der Waals surface area contributed by atoms with E-state index in [1.807, 2.05) is 84.9 Å². The summed E-state index contributed by atoms with van der Waals surface area (Å²) in [6.45, 7) is 0.466. The maximum atomic E-state index is 12.7. The average molecular weight is 434 g/mol. The number of aliphatic hydroxyl groups is 1. The molecule has 162 valence electrons. The minimum absolute atomic E-state index is 0.0160. The van der Waals surface area contributed by atoms with E-state index < -0.39 is 5.91 Å². The third-order valence-electron chi connectivity index (χ3n) is 6.00. The second kappa shape index (κ2) is 8.37. The van der Waals surface area contributed by atoms with Gasteiger partial charge in [-0.1, -0.05) is 72.8 Å². The van der Waals surface area contributed by atoms with E-state index in [9.17, 15) is 14.7 Å². The molecule has 33 heavy (non-hydrogen) atoms. The zero-order valence-electron chi connectivity index (χ0n) is 17.9. The van der Waals surface area contributed by atoms with Crippen molar-refractivity contribution in [1.29, 1.82) is 0 Å². The maximum absolute atomic E-state index is 12.7. The molecule has 4 aromatic carbocycles. The number of fused-ring (bicyclic) bond motifs is 3. The first-order valence-corrected chi connectivity index (χ1v) is 10.7. The number of benzene rings is 4. The van der Waals surface area contributed by atoms with E-state index in [0.29, 0.717) is 23.2 Å². The van der Waals surface area contributed by atoms with Crippen LogP contribution < -0.4 is 5.73 Å². The number of hydrogen-bond acceptors (Lipinski definition) is 3. The number of carbonyl (C=O) groups excluding carboxylic acids is 2. The Hall–Kier alpha value is -4.22. The number of amides is 1. The number of primary amides is 1. The Morgan fingerprint density at radius 3 is 2.15 bits per heavy atom. The van der Waals surface area contributed by atoms with Gasteiger partial charge in [0.25, 0.3) is 0 Å². The summed E-state index contributed by atoms with van der Waals surface area (Å²) < 4.78 is 2.12. The molecule has 0 saturated heterocycles. The van der Waals surface area contributed by atoms with Crippen molar-refractivity contribution in [2.24, 2.45) is 5.73 Å². The van der Waals surface area contributed by atoms with Crippen molar-refractivity contribution in [1.82, 2.24) is 4.57 Å². The molecular weight excluding hydrogens is 412 g/mol. The summed E-state index contributed by atoms with van der Waals surface area (Å²) in [5.74, 6) is -0.493. The monoisotopic (exact) mass is 434 g/mol. The van der Waals surface area contributed by atoms with Crippen LogP contribution in [0.4, 0.5) is 0 Å². The van der Waals surface area contributed by atoms with E-state index in [-0.39, 0.29) is 12.4 Å². The number of carbonyl (C=O) groups is 2. The standard InChI is InChI=1S/C28H22N2O3/c29-28(33)23-7-4-8-24-26(23)22-14-11-19(17-31)15-25(22)30(24)16-18-9-12-21(13-10-18)27(32)20-5-2-1-3-6-20/h1-15,31H,16-17H2,(H2,29,33). The van der Waals surface area contributed by atoms with E-state index in [1.165, 1.54) is 0 Å². The molecule has 5 rings (SSSR count). The molecule has 0 saturated carbocycles. The normalized spacial score (nSPS) is 11.2. The lowest BCUT2D eigenvalue weighted by Crippen LogP contribution is -2.11. The van der Waals surface area contributed by atoms with Crippen LogP contribution in [0.1, 0.15) is 37.4 Å². The van der Waals surface area contributed by atoms with Crippen molar-refractivity contribution in [3.05, 3.63) is 119 Å². The van der Waals surface area contributed by atoms with Crippen LogP contribution in [-0.2, 0) is 13.2 Å². The minimum atomic E-state index is -0.477. The van der Waals surface area contributed by atoms with Crippen molar-refractivity contribution in [2.45, 2.75) is 13.2 Å². The first-order chi connectivity index (χ1) is 16.1. The largest absolute Gasteiger partial charge is 0.392 e. The van der Waals surface area contributed by atoms with Gasteiger partial charge in [-0.2, -0.15) is 0 Å². The average Bonchev–Trinajstić information content (AvgIpc) is 3.17. The highest BCUT2D eigenvalue weighted by atomic mass is 16.3. The highest BCUT2D eigenvalue weighted by molar-refractivity contribution is 6.18. The van der Waals surface area contributed by atoms with Gasteiger partial charge in [0.2, 0.25) is 5.91 Å². The lowest BCUT2D eigenvalue weighted by Gasteiger charge is -2.10. The van der Waals surface area contributed by atoms with Crippen LogP contribution in [0, 0.1) is 0 Å². The van der Waals surface area contributed by atoms with Crippen LogP contribution in [-0.4, -0.2) is 21.4 Å². The molecule has 0 bridgehead atoms. The molecule has 5 nitrogen and oxygen atoms in total. The molecule has 5 aromatic rings. The fourth-order valence-corrected chi connectivity index (χ4v) is 4.36. The molecule has 0 spiro atoms. The molecule has 1 amide bonds. The van der Waals surface area contributed by atoms with Gasteiger partial charge in [0.1, 0.15) is 0 Å². The predicted molar refractivity (Wildman–Crippen MR) is 129 cm³/mol. The second-order valence-electron chi connectivity index (χ2n) is 8.05. The smallest absolute Gasteiger partial charge is 0.249 e. The fourth-order valence-electron chi connectivity index (χ4n) is 4.36. The molecule has 0 fully saturated rings. The first-order valence-electron chi connectivity index (χ1n) is 10.7. The minimum Gasteiger partial charge on any atom is -0.392 e. The summed E-state index contributed by atoms with van der Waals surface area (Å²) in [4.78, 5) is 24.8. The molecule has 1 heterocycles. The first kappa shape index (κ1) is 20.7. The highest BCUT2D eigenvalue weighted by Crippen LogP contribution is 2.33. The zero-order valence-corrected chi connectivity index (χ0v) is 17.9. The summed E-state index contributed by atoms with van der Waals surface area (Å²) in [5.41, 5.74) is 11.0. The molecule has 1 aromatic heterocycles. The molecule has 0 aliphatic carbocycles. The van der Waals surface area contributed by atoms with E-state index in [4.69, 9.17) is 5.73 Å². The zero-order chi connectivity index (χ0) is 22.9. The lowest BCUT2D eigenvalue weighted by molar-refractivity contribution is 0.1000. The topological polar surface area (TPSA) is 85.3 Å².